The van der Waals surface area contributed by atoms with Crippen LogP contribution in [0.25, 0.3) is 0 Å². The van der Waals surface area contributed by atoms with E-state index in [2.05, 4.69) is 12.6 Å². The second kappa shape index (κ2) is 6.64. The van der Waals surface area contributed by atoms with Gasteiger partial charge in [-0.05, 0) is 37.0 Å². The van der Waals surface area contributed by atoms with E-state index in [4.69, 9.17) is 16.3 Å². The zero-order chi connectivity index (χ0) is 13.8. The maximum atomic E-state index is 12.4. The molecule has 5 heteroatoms. The smallest absolute Gasteiger partial charge is 0.255 e. The van der Waals surface area contributed by atoms with Gasteiger partial charge in [-0.25, -0.2) is 0 Å². The predicted octanol–water partition coefficient (Wildman–Crippen LogP) is 3.13. The lowest BCUT2D eigenvalue weighted by atomic mass is 9.97. The molecule has 0 spiro atoms. The van der Waals surface area contributed by atoms with Gasteiger partial charge in [0, 0.05) is 31.7 Å². The highest BCUT2D eigenvalue weighted by atomic mass is 35.5. The summed E-state index contributed by atoms with van der Waals surface area (Å²) in [5.74, 6) is 0.553. The molecule has 1 aromatic rings. The molecule has 0 atom stereocenters. The van der Waals surface area contributed by atoms with E-state index < -0.39 is 0 Å². The number of halogens is 1. The van der Waals surface area contributed by atoms with Crippen LogP contribution < -0.4 is 0 Å². The molecule has 0 aliphatic carbocycles. The first-order valence-electron chi connectivity index (χ1n) is 6.38. The molecular formula is C14H18ClNO2S. The Morgan fingerprint density at radius 2 is 2.16 bits per heavy atom. The van der Waals surface area contributed by atoms with E-state index in [1.165, 1.54) is 0 Å². The van der Waals surface area contributed by atoms with Gasteiger partial charge in [0.05, 0.1) is 10.6 Å². The van der Waals surface area contributed by atoms with Crippen LogP contribution in [0.1, 0.15) is 23.2 Å². The molecule has 1 aromatic carbocycles. The number of carbonyl (C=O) groups is 1. The number of carbonyl (C=O) groups excluding carboxylic acids is 1. The van der Waals surface area contributed by atoms with Gasteiger partial charge in [0.2, 0.25) is 0 Å². The fourth-order valence-electron chi connectivity index (χ4n) is 2.39. The number of hydrogen-bond acceptors (Lipinski definition) is 3. The number of rotatable bonds is 3. The standard InChI is InChI=1S/C14H18ClNO2S/c1-18-9-10-4-6-16(7-5-10)14(17)12-8-11(19)2-3-13(12)15/h2-3,8,10,19H,4-7,9H2,1H3. The molecule has 1 saturated heterocycles. The van der Waals surface area contributed by atoms with E-state index in [0.717, 1.165) is 37.4 Å². The average molecular weight is 300 g/mol. The number of benzene rings is 1. The Labute approximate surface area is 124 Å². The van der Waals surface area contributed by atoms with Crippen molar-refractivity contribution in [2.24, 2.45) is 5.92 Å². The van der Waals surface area contributed by atoms with Gasteiger partial charge < -0.3 is 9.64 Å². The number of nitrogens with zero attached hydrogens (tertiary/aromatic N) is 1. The van der Waals surface area contributed by atoms with Gasteiger partial charge in [0.25, 0.3) is 5.91 Å². The van der Waals surface area contributed by atoms with E-state index in [1.54, 1.807) is 25.3 Å². The molecule has 2 rings (SSSR count). The van der Waals surface area contributed by atoms with Crippen LogP contribution in [0.4, 0.5) is 0 Å². The number of ether oxygens (including phenoxy) is 1. The zero-order valence-electron chi connectivity index (χ0n) is 10.9. The largest absolute Gasteiger partial charge is 0.384 e. The van der Waals surface area contributed by atoms with Crippen LogP contribution >= 0.6 is 24.2 Å². The summed E-state index contributed by atoms with van der Waals surface area (Å²) in [6.45, 7) is 2.30. The highest BCUT2D eigenvalue weighted by Gasteiger charge is 2.24. The summed E-state index contributed by atoms with van der Waals surface area (Å²) in [6, 6.07) is 5.23. The van der Waals surface area contributed by atoms with E-state index in [-0.39, 0.29) is 5.91 Å². The molecule has 0 saturated carbocycles. The summed E-state index contributed by atoms with van der Waals surface area (Å²) in [7, 11) is 1.72. The van der Waals surface area contributed by atoms with Crippen molar-refractivity contribution in [3.05, 3.63) is 28.8 Å². The molecule has 0 radical (unpaired) electrons. The maximum absolute atomic E-state index is 12.4. The van der Waals surface area contributed by atoms with Gasteiger partial charge in [-0.2, -0.15) is 0 Å². The third kappa shape index (κ3) is 3.65. The van der Waals surface area contributed by atoms with Crippen LogP contribution in [0.3, 0.4) is 0 Å². The molecular weight excluding hydrogens is 282 g/mol. The monoisotopic (exact) mass is 299 g/mol. The summed E-state index contributed by atoms with van der Waals surface area (Å²) in [5.41, 5.74) is 0.541. The van der Waals surface area contributed by atoms with Crippen LogP contribution in [0, 0.1) is 5.92 Å². The van der Waals surface area contributed by atoms with Gasteiger partial charge in [-0.3, -0.25) is 4.79 Å². The van der Waals surface area contributed by atoms with Crippen molar-refractivity contribution in [3.63, 3.8) is 0 Å². The number of methoxy groups -OCH3 is 1. The molecule has 19 heavy (non-hydrogen) atoms. The first kappa shape index (κ1) is 14.7. The van der Waals surface area contributed by atoms with Crippen LogP contribution in [-0.2, 0) is 4.74 Å². The fraction of sp³-hybridized carbons (Fsp3) is 0.500. The Kier molecular flexibility index (Phi) is 5.13. The normalized spacial score (nSPS) is 16.7. The first-order chi connectivity index (χ1) is 9.11. The van der Waals surface area contributed by atoms with Crippen molar-refractivity contribution in [2.45, 2.75) is 17.7 Å². The second-order valence-electron chi connectivity index (χ2n) is 4.86. The Morgan fingerprint density at radius 3 is 2.79 bits per heavy atom. The molecule has 1 heterocycles. The molecule has 1 aliphatic rings. The lowest BCUT2D eigenvalue weighted by Crippen LogP contribution is -2.39. The molecule has 0 N–H and O–H groups in total. The van der Waals surface area contributed by atoms with Crippen molar-refractivity contribution in [1.29, 1.82) is 0 Å². The minimum Gasteiger partial charge on any atom is -0.384 e. The lowest BCUT2D eigenvalue weighted by Gasteiger charge is -2.32. The Hall–Kier alpha value is -0.710. The van der Waals surface area contributed by atoms with Crippen LogP contribution in [0.2, 0.25) is 5.02 Å². The molecule has 1 amide bonds. The van der Waals surface area contributed by atoms with Crippen LogP contribution in [0.5, 0.6) is 0 Å². The van der Waals surface area contributed by atoms with E-state index in [0.29, 0.717) is 16.5 Å². The van der Waals surface area contributed by atoms with E-state index >= 15 is 0 Å². The third-order valence-corrected chi connectivity index (χ3v) is 4.09. The second-order valence-corrected chi connectivity index (χ2v) is 5.78. The molecule has 104 valence electrons. The van der Waals surface area contributed by atoms with Crippen molar-refractivity contribution in [2.75, 3.05) is 26.8 Å². The SMILES string of the molecule is COCC1CCN(C(=O)c2cc(S)ccc2Cl)CC1. The van der Waals surface area contributed by atoms with Crippen molar-refractivity contribution < 1.29 is 9.53 Å². The van der Waals surface area contributed by atoms with E-state index in [9.17, 15) is 4.79 Å². The lowest BCUT2D eigenvalue weighted by molar-refractivity contribution is 0.0613. The van der Waals surface area contributed by atoms with Gasteiger partial charge >= 0.3 is 0 Å². The molecule has 1 aliphatic heterocycles. The minimum absolute atomic E-state index is 0.00299. The van der Waals surface area contributed by atoms with Crippen molar-refractivity contribution in [1.82, 2.24) is 4.90 Å². The average Bonchev–Trinajstić information content (AvgIpc) is 2.42. The Bertz CT molecular complexity index is 459. The van der Waals surface area contributed by atoms with Gasteiger partial charge in [0.1, 0.15) is 0 Å². The molecule has 0 bridgehead atoms. The number of piperidine rings is 1. The summed E-state index contributed by atoms with van der Waals surface area (Å²) >= 11 is 10.3. The Balaban J connectivity index is 2.03. The maximum Gasteiger partial charge on any atom is 0.255 e. The molecule has 3 nitrogen and oxygen atoms in total. The van der Waals surface area contributed by atoms with Crippen LogP contribution in [0.15, 0.2) is 23.1 Å². The number of thiol groups is 1. The third-order valence-electron chi connectivity index (χ3n) is 3.48. The number of amides is 1. The van der Waals surface area contributed by atoms with Gasteiger partial charge in [0.15, 0.2) is 0 Å². The highest BCUT2D eigenvalue weighted by Crippen LogP contribution is 2.24. The predicted molar refractivity (Wildman–Crippen MR) is 79.2 cm³/mol. The zero-order valence-corrected chi connectivity index (χ0v) is 12.6. The first-order valence-corrected chi connectivity index (χ1v) is 7.21. The minimum atomic E-state index is -0.00299. The fourth-order valence-corrected chi connectivity index (χ4v) is 2.79. The van der Waals surface area contributed by atoms with E-state index in [1.807, 2.05) is 4.90 Å². The summed E-state index contributed by atoms with van der Waals surface area (Å²) in [4.78, 5) is 15.0. The summed E-state index contributed by atoms with van der Waals surface area (Å²) in [6.07, 6.45) is 1.97. The number of hydrogen-bond donors (Lipinski definition) is 1. The topological polar surface area (TPSA) is 29.5 Å². The molecule has 0 aromatic heterocycles. The highest BCUT2D eigenvalue weighted by molar-refractivity contribution is 7.80. The van der Waals surface area contributed by atoms with Crippen molar-refractivity contribution >= 4 is 30.1 Å². The molecule has 0 unspecified atom stereocenters. The molecule has 1 fully saturated rings. The van der Waals surface area contributed by atoms with Gasteiger partial charge in [-0.1, -0.05) is 11.6 Å². The quantitative estimate of drug-likeness (QED) is 0.869. The Morgan fingerprint density at radius 1 is 1.47 bits per heavy atom. The summed E-state index contributed by atoms with van der Waals surface area (Å²) < 4.78 is 5.16. The van der Waals surface area contributed by atoms with Crippen molar-refractivity contribution in [3.8, 4) is 0 Å². The number of likely N-dealkylation sites (tertiary alicyclic amines) is 1. The van der Waals surface area contributed by atoms with Crippen LogP contribution in [-0.4, -0.2) is 37.6 Å². The van der Waals surface area contributed by atoms with Gasteiger partial charge in [-0.15, -0.1) is 12.6 Å². The summed E-state index contributed by atoms with van der Waals surface area (Å²) in [5, 5.41) is 0.488.